The number of fused-ring (bicyclic) bond motifs is 2. The summed E-state index contributed by atoms with van der Waals surface area (Å²) in [4.78, 5) is 48.6. The number of primary amides is 1. The molecule has 1 atom stereocenters. The van der Waals surface area contributed by atoms with Gasteiger partial charge in [0.15, 0.2) is 0 Å². The van der Waals surface area contributed by atoms with Crippen LogP contribution < -0.4 is 16.4 Å². The number of hydrogen-bond donors (Lipinski definition) is 3. The maximum atomic E-state index is 12.9. The van der Waals surface area contributed by atoms with Crippen molar-refractivity contribution in [3.63, 3.8) is 0 Å². The Kier molecular flexibility index (Phi) is 3.96. The fraction of sp³-hybridized carbons (Fsp3) is 0.375. The summed E-state index contributed by atoms with van der Waals surface area (Å²) in [7, 11) is 0. The van der Waals surface area contributed by atoms with E-state index in [1.165, 1.54) is 0 Å². The monoisotopic (exact) mass is 330 g/mol. The number of hydrogen-bond acceptors (Lipinski definition) is 4. The van der Waals surface area contributed by atoms with E-state index in [1.54, 1.807) is 0 Å². The molecule has 1 aliphatic heterocycles. The molecule has 4 N–H and O–H groups in total. The summed E-state index contributed by atoms with van der Waals surface area (Å²) in [5.41, 5.74) is 5.67. The zero-order valence-electron chi connectivity index (χ0n) is 13.0. The molecule has 8 heteroatoms. The van der Waals surface area contributed by atoms with E-state index in [-0.39, 0.29) is 6.54 Å². The Bertz CT molecular complexity index is 733. The molecule has 0 aromatic heterocycles. The molecule has 1 aromatic carbocycles. The first-order valence-electron chi connectivity index (χ1n) is 7.71. The van der Waals surface area contributed by atoms with E-state index < -0.39 is 35.8 Å². The molecule has 3 rings (SSSR count). The lowest BCUT2D eigenvalue weighted by molar-refractivity contribution is -0.135. The summed E-state index contributed by atoms with van der Waals surface area (Å²) >= 11 is 0. The van der Waals surface area contributed by atoms with Gasteiger partial charge >= 0.3 is 6.03 Å². The maximum Gasteiger partial charge on any atom is 0.325 e. The van der Waals surface area contributed by atoms with Gasteiger partial charge in [0.25, 0.3) is 5.91 Å². The number of nitrogens with zero attached hydrogens (tertiary/aromatic N) is 1. The van der Waals surface area contributed by atoms with Crippen LogP contribution in [0, 0.1) is 0 Å². The summed E-state index contributed by atoms with van der Waals surface area (Å²) < 4.78 is 0. The number of imide groups is 1. The number of nitrogens with one attached hydrogen (secondary N) is 2. The van der Waals surface area contributed by atoms with Crippen LogP contribution in [0.2, 0.25) is 0 Å². The van der Waals surface area contributed by atoms with Crippen LogP contribution in [0.1, 0.15) is 24.0 Å². The summed E-state index contributed by atoms with van der Waals surface area (Å²) in [6, 6.07) is 6.90. The van der Waals surface area contributed by atoms with Crippen LogP contribution >= 0.6 is 0 Å². The van der Waals surface area contributed by atoms with E-state index in [0.29, 0.717) is 6.42 Å². The predicted octanol–water partition coefficient (Wildman–Crippen LogP) is -0.628. The average molecular weight is 330 g/mol. The van der Waals surface area contributed by atoms with Gasteiger partial charge in [-0.1, -0.05) is 24.3 Å². The molecule has 0 bridgehead atoms. The third-order valence-corrected chi connectivity index (χ3v) is 4.41. The molecule has 1 fully saturated rings. The molecule has 1 spiro atoms. The highest BCUT2D eigenvalue weighted by Crippen LogP contribution is 2.39. The van der Waals surface area contributed by atoms with Crippen molar-refractivity contribution < 1.29 is 19.2 Å². The van der Waals surface area contributed by atoms with Gasteiger partial charge in [-0.15, -0.1) is 0 Å². The molecular weight excluding hydrogens is 312 g/mol. The van der Waals surface area contributed by atoms with Gasteiger partial charge in [0.1, 0.15) is 12.1 Å². The smallest absolute Gasteiger partial charge is 0.325 e. The van der Waals surface area contributed by atoms with E-state index >= 15 is 0 Å². The number of nitrogens with two attached hydrogens (primary N) is 1. The van der Waals surface area contributed by atoms with E-state index in [1.807, 2.05) is 24.3 Å². The maximum absolute atomic E-state index is 12.9. The van der Waals surface area contributed by atoms with Crippen LogP contribution in [-0.4, -0.2) is 41.7 Å². The third kappa shape index (κ3) is 2.60. The predicted molar refractivity (Wildman–Crippen MR) is 83.5 cm³/mol. The second-order valence-corrected chi connectivity index (χ2v) is 5.98. The Morgan fingerprint density at radius 3 is 2.79 bits per heavy atom. The Hall–Kier alpha value is -2.90. The first-order valence-corrected chi connectivity index (χ1v) is 7.71. The zero-order chi connectivity index (χ0) is 17.3. The minimum absolute atomic E-state index is 0.337. The molecule has 24 heavy (non-hydrogen) atoms. The van der Waals surface area contributed by atoms with Crippen LogP contribution in [0.15, 0.2) is 24.3 Å². The van der Waals surface area contributed by atoms with Gasteiger partial charge in [0.2, 0.25) is 11.8 Å². The highest BCUT2D eigenvalue weighted by molar-refractivity contribution is 6.09. The molecule has 2 aliphatic rings. The number of rotatable bonds is 4. The summed E-state index contributed by atoms with van der Waals surface area (Å²) in [6.45, 7) is -0.779. The van der Waals surface area contributed by atoms with Crippen molar-refractivity contribution in [1.29, 1.82) is 0 Å². The van der Waals surface area contributed by atoms with Gasteiger partial charge in [0, 0.05) is 0 Å². The number of carbonyl (C=O) groups is 4. The van der Waals surface area contributed by atoms with Crippen LogP contribution in [0.4, 0.5) is 4.79 Å². The number of benzene rings is 1. The fourth-order valence-electron chi connectivity index (χ4n) is 3.34. The van der Waals surface area contributed by atoms with Crippen molar-refractivity contribution in [2.75, 3.05) is 13.1 Å². The third-order valence-electron chi connectivity index (χ3n) is 4.41. The van der Waals surface area contributed by atoms with Crippen LogP contribution in [0.25, 0.3) is 0 Å². The highest BCUT2D eigenvalue weighted by atomic mass is 16.2. The molecule has 1 heterocycles. The van der Waals surface area contributed by atoms with Gasteiger partial charge in [-0.05, 0) is 30.4 Å². The van der Waals surface area contributed by atoms with Crippen molar-refractivity contribution in [3.8, 4) is 0 Å². The molecule has 1 aromatic rings. The second-order valence-electron chi connectivity index (χ2n) is 5.98. The molecule has 8 nitrogen and oxygen atoms in total. The molecule has 1 saturated heterocycles. The van der Waals surface area contributed by atoms with Crippen molar-refractivity contribution >= 4 is 23.8 Å². The zero-order valence-corrected chi connectivity index (χ0v) is 13.0. The standard InChI is InChI=1S/C16H18N4O4/c17-12(21)8-18-13(22)9-20-14(23)16(19-15(20)24)7-3-5-10-4-1-2-6-11(10)16/h1-2,4,6H,3,5,7-9H2,(H2,17,21)(H,18,22)(H,19,24)/t16-/m0/s1. The summed E-state index contributed by atoms with van der Waals surface area (Å²) in [5.74, 6) is -1.74. The molecule has 5 amide bonds. The lowest BCUT2D eigenvalue weighted by Gasteiger charge is -2.33. The molecule has 0 radical (unpaired) electrons. The number of urea groups is 1. The van der Waals surface area contributed by atoms with Gasteiger partial charge in [-0.2, -0.15) is 0 Å². The van der Waals surface area contributed by atoms with Crippen LogP contribution in [0.3, 0.4) is 0 Å². The highest BCUT2D eigenvalue weighted by Gasteiger charge is 2.54. The minimum atomic E-state index is -1.10. The summed E-state index contributed by atoms with van der Waals surface area (Å²) in [6.07, 6.45) is 2.11. The van der Waals surface area contributed by atoms with Crippen LogP contribution in [0.5, 0.6) is 0 Å². The van der Waals surface area contributed by atoms with Crippen molar-refractivity contribution in [1.82, 2.24) is 15.5 Å². The van der Waals surface area contributed by atoms with E-state index in [9.17, 15) is 19.2 Å². The van der Waals surface area contributed by atoms with Crippen molar-refractivity contribution in [2.45, 2.75) is 24.8 Å². The number of amides is 5. The van der Waals surface area contributed by atoms with Gasteiger partial charge in [-0.25, -0.2) is 4.79 Å². The Morgan fingerprint density at radius 1 is 1.29 bits per heavy atom. The largest absolute Gasteiger partial charge is 0.368 e. The Balaban J connectivity index is 1.83. The van der Waals surface area contributed by atoms with E-state index in [2.05, 4.69) is 10.6 Å². The van der Waals surface area contributed by atoms with Gasteiger partial charge < -0.3 is 16.4 Å². The van der Waals surface area contributed by atoms with Crippen molar-refractivity contribution in [3.05, 3.63) is 35.4 Å². The van der Waals surface area contributed by atoms with Crippen LogP contribution in [-0.2, 0) is 26.3 Å². The van der Waals surface area contributed by atoms with Crippen molar-refractivity contribution in [2.24, 2.45) is 5.73 Å². The SMILES string of the molecule is NC(=O)CNC(=O)CN1C(=O)N[C@]2(CCCc3ccccc32)C1=O. The summed E-state index contributed by atoms with van der Waals surface area (Å²) in [5, 5.41) is 5.03. The Morgan fingerprint density at radius 2 is 2.04 bits per heavy atom. The molecule has 0 unspecified atom stereocenters. The number of aryl methyl sites for hydroxylation is 1. The minimum Gasteiger partial charge on any atom is -0.368 e. The lowest BCUT2D eigenvalue weighted by Crippen LogP contribution is -2.47. The van der Waals surface area contributed by atoms with E-state index in [0.717, 1.165) is 28.9 Å². The first kappa shape index (κ1) is 16.0. The second kappa shape index (κ2) is 5.95. The van der Waals surface area contributed by atoms with E-state index in [4.69, 9.17) is 5.73 Å². The topological polar surface area (TPSA) is 122 Å². The molecular formula is C16H18N4O4. The van der Waals surface area contributed by atoms with Gasteiger partial charge in [0.05, 0.1) is 6.54 Å². The molecule has 126 valence electrons. The van der Waals surface area contributed by atoms with Gasteiger partial charge in [-0.3, -0.25) is 19.3 Å². The average Bonchev–Trinajstić information content (AvgIpc) is 2.78. The molecule has 0 saturated carbocycles. The number of carbonyl (C=O) groups excluding carboxylic acids is 4. The fourth-order valence-corrected chi connectivity index (χ4v) is 3.34. The first-order chi connectivity index (χ1) is 11.4. The molecule has 1 aliphatic carbocycles. The Labute approximate surface area is 138 Å². The lowest BCUT2D eigenvalue weighted by atomic mass is 9.76. The quantitative estimate of drug-likeness (QED) is 0.636. The normalized spacial score (nSPS) is 22.2.